The highest BCUT2D eigenvalue weighted by atomic mass is 16.6. The summed E-state index contributed by atoms with van der Waals surface area (Å²) in [5, 5.41) is 4.59. The molecular formula is C26H14N4O7. The Morgan fingerprint density at radius 2 is 1.49 bits per heavy atom. The van der Waals surface area contributed by atoms with Crippen molar-refractivity contribution in [3.63, 3.8) is 0 Å². The molecule has 11 nitrogen and oxygen atoms in total. The molecule has 0 unspecified atom stereocenters. The number of hydrogen-bond donors (Lipinski definition) is 2. The van der Waals surface area contributed by atoms with Crippen LogP contribution in [0, 0.1) is 0 Å². The number of carbonyl (C=O) groups is 4. The Hall–Kier alpha value is -5.58. The molecule has 0 bridgehead atoms. The molecule has 0 aromatic heterocycles. The normalized spacial score (nSPS) is 12.6. The summed E-state index contributed by atoms with van der Waals surface area (Å²) in [6, 6.07) is 16.2. The fourth-order valence-corrected chi connectivity index (χ4v) is 4.38. The largest absolute Gasteiger partial charge is 0.436 e. The third-order valence-corrected chi connectivity index (χ3v) is 6.11. The predicted octanol–water partition coefficient (Wildman–Crippen LogP) is 2.49. The van der Waals surface area contributed by atoms with Gasteiger partial charge in [-0.05, 0) is 12.1 Å². The molecule has 0 atom stereocenters. The van der Waals surface area contributed by atoms with Crippen molar-refractivity contribution in [2.75, 3.05) is 11.5 Å². The summed E-state index contributed by atoms with van der Waals surface area (Å²) in [5.74, 6) is -4.26. The maximum absolute atomic E-state index is 13.6. The van der Waals surface area contributed by atoms with Crippen LogP contribution in [0.25, 0.3) is 22.4 Å². The van der Waals surface area contributed by atoms with Crippen LogP contribution in [0.1, 0.15) is 47.0 Å². The number of anilines is 2. The van der Waals surface area contributed by atoms with Crippen LogP contribution in [-0.2, 0) is 4.74 Å². The van der Waals surface area contributed by atoms with E-state index in [1.165, 1.54) is 18.2 Å². The summed E-state index contributed by atoms with van der Waals surface area (Å²) < 4.78 is 10.8. The molecule has 0 saturated carbocycles. The van der Waals surface area contributed by atoms with Gasteiger partial charge in [0.25, 0.3) is 11.5 Å². The van der Waals surface area contributed by atoms with Gasteiger partial charge in [-0.3, -0.25) is 14.4 Å². The highest BCUT2D eigenvalue weighted by Crippen LogP contribution is 2.38. The number of cyclic esters (lactones) is 2. The zero-order valence-electron chi connectivity index (χ0n) is 18.7. The molecule has 0 amide bonds. The second kappa shape index (κ2) is 7.71. The third kappa shape index (κ3) is 3.07. The zero-order chi connectivity index (χ0) is 26.0. The lowest BCUT2D eigenvalue weighted by Gasteiger charge is -2.15. The summed E-state index contributed by atoms with van der Waals surface area (Å²) >= 11 is 0. The highest BCUT2D eigenvalue weighted by molar-refractivity contribution is 6.29. The van der Waals surface area contributed by atoms with E-state index in [0.717, 1.165) is 0 Å². The van der Waals surface area contributed by atoms with Gasteiger partial charge < -0.3 is 20.6 Å². The smallest absolute Gasteiger partial charge is 0.349 e. The molecule has 11 heteroatoms. The Labute approximate surface area is 206 Å². The molecule has 6 rings (SSSR count). The maximum atomic E-state index is 13.6. The number of ketones is 1. The fraction of sp³-hybridized carbons (Fsp3) is 0. The van der Waals surface area contributed by atoms with Crippen molar-refractivity contribution in [1.82, 2.24) is 9.78 Å². The predicted molar refractivity (Wildman–Crippen MR) is 130 cm³/mol. The van der Waals surface area contributed by atoms with Crippen LogP contribution in [0.2, 0.25) is 0 Å². The number of benzene rings is 3. The van der Waals surface area contributed by atoms with E-state index < -0.39 is 62.8 Å². The molecule has 0 fully saturated rings. The summed E-state index contributed by atoms with van der Waals surface area (Å²) in [4.78, 5) is 65.1. The van der Waals surface area contributed by atoms with E-state index in [0.29, 0.717) is 15.7 Å². The molecule has 37 heavy (non-hydrogen) atoms. The van der Waals surface area contributed by atoms with E-state index in [9.17, 15) is 24.0 Å². The molecule has 180 valence electrons. The average Bonchev–Trinajstić information content (AvgIpc) is 3.38. The SMILES string of the molecule is Nc1c(C(=O)n2nc3oc4ccccc4cc-3c2=O)c(N)c(C(=O)c2ccccc2)c2c1C(=O)OC2=O. The molecule has 3 heterocycles. The number of nitrogens with zero attached hydrogens (tertiary/aromatic N) is 2. The first-order valence-corrected chi connectivity index (χ1v) is 10.9. The van der Waals surface area contributed by atoms with Crippen molar-refractivity contribution < 1.29 is 28.3 Å². The van der Waals surface area contributed by atoms with Crippen molar-refractivity contribution in [3.05, 3.63) is 98.8 Å². The molecule has 3 aliphatic rings. The number of hydrogen-bond acceptors (Lipinski definition) is 10. The monoisotopic (exact) mass is 494 g/mol. The van der Waals surface area contributed by atoms with Crippen LogP contribution in [0.5, 0.6) is 0 Å². The van der Waals surface area contributed by atoms with E-state index in [-0.39, 0.29) is 17.0 Å². The van der Waals surface area contributed by atoms with E-state index in [2.05, 4.69) is 9.84 Å². The molecule has 3 aliphatic heterocycles. The van der Waals surface area contributed by atoms with E-state index in [4.69, 9.17) is 15.9 Å². The zero-order valence-corrected chi connectivity index (χ0v) is 18.7. The average molecular weight is 494 g/mol. The van der Waals surface area contributed by atoms with Crippen LogP contribution in [0.15, 0.2) is 69.9 Å². The number of carbonyl (C=O) groups excluding carboxylic acids is 4. The Balaban J connectivity index is 1.61. The topological polar surface area (TPSA) is 178 Å². The first-order valence-electron chi connectivity index (χ1n) is 10.9. The summed E-state index contributed by atoms with van der Waals surface area (Å²) in [6.07, 6.45) is 0. The minimum absolute atomic E-state index is 0.0144. The van der Waals surface area contributed by atoms with Gasteiger partial charge in [-0.1, -0.05) is 48.5 Å². The second-order valence-electron chi connectivity index (χ2n) is 8.22. The molecule has 0 aliphatic carbocycles. The number of ether oxygens (including phenoxy) is 1. The first-order chi connectivity index (χ1) is 17.8. The Morgan fingerprint density at radius 3 is 2.24 bits per heavy atom. The van der Waals surface area contributed by atoms with Gasteiger partial charge in [-0.15, -0.1) is 5.10 Å². The summed E-state index contributed by atoms with van der Waals surface area (Å²) in [6.45, 7) is 0. The van der Waals surface area contributed by atoms with Crippen molar-refractivity contribution in [2.24, 2.45) is 0 Å². The minimum Gasteiger partial charge on any atom is -0.436 e. The van der Waals surface area contributed by atoms with Crippen LogP contribution in [0.3, 0.4) is 0 Å². The first kappa shape index (κ1) is 21.9. The fourth-order valence-electron chi connectivity index (χ4n) is 4.38. The molecule has 0 radical (unpaired) electrons. The Kier molecular flexibility index (Phi) is 4.57. The van der Waals surface area contributed by atoms with Crippen LogP contribution < -0.4 is 17.0 Å². The van der Waals surface area contributed by atoms with Crippen LogP contribution >= 0.6 is 0 Å². The van der Waals surface area contributed by atoms with Crippen molar-refractivity contribution in [3.8, 4) is 11.5 Å². The Bertz CT molecular complexity index is 1870. The van der Waals surface area contributed by atoms with E-state index >= 15 is 0 Å². The molecular weight excluding hydrogens is 480 g/mol. The summed E-state index contributed by atoms with van der Waals surface area (Å²) in [7, 11) is 0. The number of aromatic nitrogens is 2. The lowest BCUT2D eigenvalue weighted by molar-refractivity contribution is 0.0442. The van der Waals surface area contributed by atoms with Gasteiger partial charge in [-0.2, -0.15) is 4.68 Å². The lowest BCUT2D eigenvalue weighted by Crippen LogP contribution is -2.28. The standard InChI is InChI=1S/C26H14N4O7/c27-19-16(21(31)11-6-2-1-3-7-11)15-17(26(35)37-25(15)34)20(28)18(19)24(33)30-23(32)13-10-12-8-4-5-9-14(12)36-22(13)29-30/h1-10H,27-28H2. The number of nitrogen functional groups attached to an aromatic ring is 2. The number of para-hydroxylation sites is 1. The number of fused-ring (bicyclic) bond motifs is 3. The number of rotatable bonds is 3. The van der Waals surface area contributed by atoms with Crippen LogP contribution in [-0.4, -0.2) is 33.4 Å². The van der Waals surface area contributed by atoms with Crippen molar-refractivity contribution in [2.45, 2.75) is 0 Å². The lowest BCUT2D eigenvalue weighted by atomic mass is 9.89. The molecule has 3 aromatic rings. The third-order valence-electron chi connectivity index (χ3n) is 6.11. The van der Waals surface area contributed by atoms with E-state index in [1.807, 2.05) is 0 Å². The maximum Gasteiger partial charge on any atom is 0.349 e. The molecule has 4 N–H and O–H groups in total. The number of nitrogens with two attached hydrogens (primary N) is 2. The molecule has 0 saturated heterocycles. The van der Waals surface area contributed by atoms with Gasteiger partial charge in [-0.25, -0.2) is 9.59 Å². The second-order valence-corrected chi connectivity index (χ2v) is 8.22. The van der Waals surface area contributed by atoms with Gasteiger partial charge in [0.05, 0.1) is 33.6 Å². The van der Waals surface area contributed by atoms with Gasteiger partial charge in [0.2, 0.25) is 5.89 Å². The molecule has 0 spiro atoms. The number of esters is 2. The Morgan fingerprint density at radius 1 is 0.811 bits per heavy atom. The quantitative estimate of drug-likeness (QED) is 0.164. The summed E-state index contributed by atoms with van der Waals surface area (Å²) in [5.41, 5.74) is 9.21. The van der Waals surface area contributed by atoms with Crippen molar-refractivity contribution in [1.29, 1.82) is 0 Å². The van der Waals surface area contributed by atoms with Gasteiger partial charge >= 0.3 is 11.9 Å². The minimum atomic E-state index is -1.15. The van der Waals surface area contributed by atoms with Crippen LogP contribution in [0.4, 0.5) is 11.4 Å². The highest BCUT2D eigenvalue weighted by Gasteiger charge is 2.42. The molecule has 3 aromatic carbocycles. The van der Waals surface area contributed by atoms with E-state index in [1.54, 1.807) is 42.5 Å². The van der Waals surface area contributed by atoms with Gasteiger partial charge in [0, 0.05) is 10.9 Å². The van der Waals surface area contributed by atoms with Gasteiger partial charge in [0.1, 0.15) is 11.1 Å². The van der Waals surface area contributed by atoms with Gasteiger partial charge in [0.15, 0.2) is 5.78 Å². The van der Waals surface area contributed by atoms with Crippen molar-refractivity contribution >= 4 is 46.0 Å².